The van der Waals surface area contributed by atoms with Gasteiger partial charge in [0.15, 0.2) is 0 Å². The van der Waals surface area contributed by atoms with E-state index in [2.05, 4.69) is 0 Å². The molecule has 0 bridgehead atoms. The highest BCUT2D eigenvalue weighted by atomic mass is 35.5. The summed E-state index contributed by atoms with van der Waals surface area (Å²) in [6, 6.07) is 7.09. The molecule has 0 heterocycles. The zero-order valence-corrected chi connectivity index (χ0v) is 9.44. The normalized spacial score (nSPS) is 12.2. The number of rotatable bonds is 5. The van der Waals surface area contributed by atoms with Gasteiger partial charge in [-0.3, -0.25) is 10.0 Å². The zero-order chi connectivity index (χ0) is 12.0. The van der Waals surface area contributed by atoms with E-state index in [1.807, 2.05) is 12.1 Å². The van der Waals surface area contributed by atoms with Gasteiger partial charge in [-0.1, -0.05) is 23.7 Å². The highest BCUT2D eigenvalue weighted by Crippen LogP contribution is 2.24. The second-order valence-corrected chi connectivity index (χ2v) is 3.94. The predicted molar refractivity (Wildman–Crippen MR) is 60.4 cm³/mol. The van der Waals surface area contributed by atoms with E-state index in [0.717, 1.165) is 5.56 Å². The third-order valence-corrected chi connectivity index (χ3v) is 2.63. The Labute approximate surface area is 98.8 Å². The molecule has 3 N–H and O–H groups in total. The van der Waals surface area contributed by atoms with Crippen molar-refractivity contribution in [3.63, 3.8) is 0 Å². The maximum atomic E-state index is 11.1. The van der Waals surface area contributed by atoms with Gasteiger partial charge in [-0.15, -0.1) is 0 Å². The first kappa shape index (κ1) is 13.0. The Hall–Kier alpha value is -1.10. The highest BCUT2D eigenvalue weighted by Gasteiger charge is 2.15. The Morgan fingerprint density at radius 3 is 2.50 bits per heavy atom. The van der Waals surface area contributed by atoms with Crippen molar-refractivity contribution in [2.45, 2.75) is 18.8 Å². The number of hydrogen-bond donors (Lipinski definition) is 3. The first-order valence-electron chi connectivity index (χ1n) is 4.96. The van der Waals surface area contributed by atoms with Gasteiger partial charge < -0.3 is 5.11 Å². The quantitative estimate of drug-likeness (QED) is 0.545. The molecule has 0 fully saturated rings. The molecule has 1 atom stereocenters. The lowest BCUT2D eigenvalue weighted by Gasteiger charge is -2.14. The van der Waals surface area contributed by atoms with Crippen molar-refractivity contribution < 1.29 is 15.1 Å². The number of aliphatic hydroxyl groups excluding tert-OH is 1. The van der Waals surface area contributed by atoms with Crippen LogP contribution in [0.25, 0.3) is 0 Å². The molecule has 16 heavy (non-hydrogen) atoms. The maximum absolute atomic E-state index is 11.1. The average molecular weight is 244 g/mol. The van der Waals surface area contributed by atoms with Crippen LogP contribution in [0.3, 0.4) is 0 Å². The largest absolute Gasteiger partial charge is 0.396 e. The molecular weight excluding hydrogens is 230 g/mol. The summed E-state index contributed by atoms with van der Waals surface area (Å²) in [6.07, 6.45) is 0.605. The van der Waals surface area contributed by atoms with Gasteiger partial charge in [-0.25, -0.2) is 5.48 Å². The fourth-order valence-electron chi connectivity index (χ4n) is 1.55. The van der Waals surface area contributed by atoms with Crippen LogP contribution in [0.2, 0.25) is 5.02 Å². The Balaban J connectivity index is 2.76. The minimum Gasteiger partial charge on any atom is -0.396 e. The van der Waals surface area contributed by atoms with Gasteiger partial charge in [0.05, 0.1) is 0 Å². The summed E-state index contributed by atoms with van der Waals surface area (Å²) in [5.41, 5.74) is 2.51. The minimum atomic E-state index is -0.464. The first-order chi connectivity index (χ1) is 7.67. The second kappa shape index (κ2) is 6.48. The number of nitrogens with one attached hydrogen (secondary N) is 1. The van der Waals surface area contributed by atoms with E-state index < -0.39 is 5.91 Å². The standard InChI is InChI=1S/C11H14ClNO3/c12-10-3-1-8(2-4-10)9(5-6-14)7-11(15)13-16/h1-4,9,14,16H,5-7H2,(H,13,15)/t9-/m0/s1. The van der Waals surface area contributed by atoms with Crippen molar-refractivity contribution in [3.05, 3.63) is 34.9 Å². The number of hydrogen-bond acceptors (Lipinski definition) is 3. The molecule has 0 saturated heterocycles. The molecule has 0 aliphatic heterocycles. The molecular formula is C11H14ClNO3. The van der Waals surface area contributed by atoms with Crippen LogP contribution in [-0.2, 0) is 4.79 Å². The van der Waals surface area contributed by atoms with Crippen LogP contribution in [0.1, 0.15) is 24.3 Å². The van der Waals surface area contributed by atoms with Crippen LogP contribution in [0.5, 0.6) is 0 Å². The van der Waals surface area contributed by atoms with Crippen LogP contribution >= 0.6 is 11.6 Å². The number of benzene rings is 1. The molecule has 0 aliphatic carbocycles. The summed E-state index contributed by atoms with van der Waals surface area (Å²) in [5, 5.41) is 18.0. The topological polar surface area (TPSA) is 69.6 Å². The lowest BCUT2D eigenvalue weighted by molar-refractivity contribution is -0.129. The van der Waals surface area contributed by atoms with Crippen molar-refractivity contribution in [1.29, 1.82) is 0 Å². The lowest BCUT2D eigenvalue weighted by atomic mass is 9.92. The van der Waals surface area contributed by atoms with E-state index in [4.69, 9.17) is 21.9 Å². The molecule has 0 aromatic heterocycles. The number of amides is 1. The van der Waals surface area contributed by atoms with E-state index in [-0.39, 0.29) is 18.9 Å². The van der Waals surface area contributed by atoms with Crippen molar-refractivity contribution in [3.8, 4) is 0 Å². The maximum Gasteiger partial charge on any atom is 0.243 e. The Kier molecular flexibility index (Phi) is 5.25. The van der Waals surface area contributed by atoms with E-state index >= 15 is 0 Å². The molecule has 0 spiro atoms. The molecule has 1 aromatic carbocycles. The number of halogens is 1. The fourth-order valence-corrected chi connectivity index (χ4v) is 1.67. The first-order valence-corrected chi connectivity index (χ1v) is 5.34. The summed E-state index contributed by atoms with van der Waals surface area (Å²) >= 11 is 5.76. The fraction of sp³-hybridized carbons (Fsp3) is 0.364. The SMILES string of the molecule is O=C(C[C@H](CCO)c1ccc(Cl)cc1)NO. The van der Waals surface area contributed by atoms with Crippen LogP contribution in [0.4, 0.5) is 0 Å². The molecule has 5 heteroatoms. The zero-order valence-electron chi connectivity index (χ0n) is 8.69. The van der Waals surface area contributed by atoms with Gasteiger partial charge >= 0.3 is 0 Å². The molecule has 0 radical (unpaired) electrons. The van der Waals surface area contributed by atoms with Gasteiger partial charge in [-0.2, -0.15) is 0 Å². The van der Waals surface area contributed by atoms with Crippen LogP contribution in [0, 0.1) is 0 Å². The van der Waals surface area contributed by atoms with Gasteiger partial charge in [-0.05, 0) is 30.0 Å². The van der Waals surface area contributed by atoms with Gasteiger partial charge in [0.2, 0.25) is 5.91 Å². The summed E-state index contributed by atoms with van der Waals surface area (Å²) in [5.74, 6) is -0.581. The molecule has 1 rings (SSSR count). The van der Waals surface area contributed by atoms with Crippen LogP contribution < -0.4 is 5.48 Å². The van der Waals surface area contributed by atoms with Gasteiger partial charge in [0, 0.05) is 18.1 Å². The number of aliphatic hydroxyl groups is 1. The number of carbonyl (C=O) groups is 1. The van der Waals surface area contributed by atoms with Gasteiger partial charge in [0.1, 0.15) is 0 Å². The lowest BCUT2D eigenvalue weighted by Crippen LogP contribution is -2.21. The Bertz CT molecular complexity index is 340. The average Bonchev–Trinajstić information content (AvgIpc) is 2.29. The van der Waals surface area contributed by atoms with E-state index in [9.17, 15) is 4.79 Å². The third-order valence-electron chi connectivity index (χ3n) is 2.38. The molecule has 4 nitrogen and oxygen atoms in total. The minimum absolute atomic E-state index is 0.00793. The van der Waals surface area contributed by atoms with E-state index in [0.29, 0.717) is 11.4 Å². The Morgan fingerprint density at radius 1 is 1.38 bits per heavy atom. The summed E-state index contributed by atoms with van der Waals surface area (Å²) < 4.78 is 0. The van der Waals surface area contributed by atoms with Crippen molar-refractivity contribution in [2.75, 3.05) is 6.61 Å². The molecule has 88 valence electrons. The molecule has 0 unspecified atom stereocenters. The smallest absolute Gasteiger partial charge is 0.243 e. The van der Waals surface area contributed by atoms with Crippen LogP contribution in [-0.4, -0.2) is 22.8 Å². The highest BCUT2D eigenvalue weighted by molar-refractivity contribution is 6.30. The van der Waals surface area contributed by atoms with Crippen LogP contribution in [0.15, 0.2) is 24.3 Å². The molecule has 0 saturated carbocycles. The monoisotopic (exact) mass is 243 g/mol. The van der Waals surface area contributed by atoms with Crippen molar-refractivity contribution >= 4 is 17.5 Å². The number of hydroxylamine groups is 1. The summed E-state index contributed by atoms with van der Waals surface area (Å²) in [6.45, 7) is -0.00793. The Morgan fingerprint density at radius 2 is 2.00 bits per heavy atom. The predicted octanol–water partition coefficient (Wildman–Crippen LogP) is 1.70. The number of carbonyl (C=O) groups excluding carboxylic acids is 1. The molecule has 1 amide bonds. The van der Waals surface area contributed by atoms with Crippen molar-refractivity contribution in [2.24, 2.45) is 0 Å². The second-order valence-electron chi connectivity index (χ2n) is 3.50. The molecule has 1 aromatic rings. The van der Waals surface area contributed by atoms with Crippen molar-refractivity contribution in [1.82, 2.24) is 5.48 Å². The third kappa shape index (κ3) is 3.81. The summed E-state index contributed by atoms with van der Waals surface area (Å²) in [4.78, 5) is 11.1. The van der Waals surface area contributed by atoms with E-state index in [1.54, 1.807) is 17.6 Å². The molecule has 0 aliphatic rings. The van der Waals surface area contributed by atoms with Gasteiger partial charge in [0.25, 0.3) is 0 Å². The van der Waals surface area contributed by atoms with E-state index in [1.165, 1.54) is 0 Å². The summed E-state index contributed by atoms with van der Waals surface area (Å²) in [7, 11) is 0.